The van der Waals surface area contributed by atoms with Crippen molar-refractivity contribution in [2.24, 2.45) is 0 Å². The van der Waals surface area contributed by atoms with Gasteiger partial charge in [-0.2, -0.15) is 5.26 Å². The molecule has 0 aliphatic heterocycles. The number of aliphatic hydroxyl groups excluding tert-OH is 2. The van der Waals surface area contributed by atoms with Crippen LogP contribution in [0.15, 0.2) is 12.3 Å². The highest BCUT2D eigenvalue weighted by Gasteiger charge is 2.23. The molecule has 0 saturated heterocycles. The van der Waals surface area contributed by atoms with E-state index in [1.165, 1.54) is 12.3 Å². The van der Waals surface area contributed by atoms with Crippen LogP contribution in [0.3, 0.4) is 0 Å². The Balaban J connectivity index is 3.01. The number of nitrogens with two attached hydrogens (primary N) is 1. The van der Waals surface area contributed by atoms with E-state index in [2.05, 4.69) is 4.98 Å². The maximum Gasteiger partial charge on any atom is 0.136 e. The number of aliphatic hydroxyl groups is 2. The fourth-order valence-electron chi connectivity index (χ4n) is 1.15. The molecule has 0 bridgehead atoms. The van der Waals surface area contributed by atoms with Crippen LogP contribution in [0.1, 0.15) is 18.1 Å². The molecule has 1 aromatic rings. The standard InChI is InChI=1S/C9H10ClN3O2/c10-9-7(5(12)2-4-13-9)8(15)6(14)1-3-11/h2,4,6,8,14-15H,1H2,(H2,12,13). The molecule has 0 spiro atoms. The minimum Gasteiger partial charge on any atom is -0.398 e. The molecular weight excluding hydrogens is 218 g/mol. The molecule has 0 fully saturated rings. The molecule has 1 aromatic heterocycles. The second-order valence-corrected chi connectivity index (χ2v) is 3.34. The second kappa shape index (κ2) is 4.94. The smallest absolute Gasteiger partial charge is 0.136 e. The molecule has 6 heteroatoms. The summed E-state index contributed by atoms with van der Waals surface area (Å²) < 4.78 is 0. The largest absolute Gasteiger partial charge is 0.398 e. The molecule has 80 valence electrons. The average molecular weight is 228 g/mol. The predicted molar refractivity (Wildman–Crippen MR) is 54.9 cm³/mol. The second-order valence-electron chi connectivity index (χ2n) is 2.98. The molecule has 0 aromatic carbocycles. The lowest BCUT2D eigenvalue weighted by molar-refractivity contribution is 0.0219. The van der Waals surface area contributed by atoms with Crippen LogP contribution in [0.2, 0.25) is 5.15 Å². The summed E-state index contributed by atoms with van der Waals surface area (Å²) in [6, 6.07) is 3.20. The SMILES string of the molecule is N#CCC(O)C(O)c1c(N)ccnc1Cl. The molecule has 0 saturated carbocycles. The number of hydrogen-bond donors (Lipinski definition) is 3. The van der Waals surface area contributed by atoms with Crippen molar-refractivity contribution in [3.05, 3.63) is 23.0 Å². The van der Waals surface area contributed by atoms with Gasteiger partial charge in [0.2, 0.25) is 0 Å². The first kappa shape index (κ1) is 11.7. The molecule has 0 amide bonds. The molecule has 1 heterocycles. The quantitative estimate of drug-likeness (QED) is 0.657. The van der Waals surface area contributed by atoms with Gasteiger partial charge in [0.15, 0.2) is 0 Å². The molecule has 4 N–H and O–H groups in total. The Morgan fingerprint density at radius 3 is 2.80 bits per heavy atom. The zero-order valence-corrected chi connectivity index (χ0v) is 8.52. The van der Waals surface area contributed by atoms with E-state index in [1.54, 1.807) is 6.07 Å². The van der Waals surface area contributed by atoms with Gasteiger partial charge in [-0.3, -0.25) is 0 Å². The van der Waals surface area contributed by atoms with Gasteiger partial charge in [0.05, 0.1) is 18.6 Å². The lowest BCUT2D eigenvalue weighted by Gasteiger charge is -2.17. The van der Waals surface area contributed by atoms with Gasteiger partial charge in [0.25, 0.3) is 0 Å². The van der Waals surface area contributed by atoms with Crippen LogP contribution in [0, 0.1) is 11.3 Å². The number of nitriles is 1. The number of rotatable bonds is 3. The van der Waals surface area contributed by atoms with Crippen molar-refractivity contribution < 1.29 is 10.2 Å². The van der Waals surface area contributed by atoms with Crippen LogP contribution in [-0.4, -0.2) is 21.3 Å². The third kappa shape index (κ3) is 2.57. The van der Waals surface area contributed by atoms with Gasteiger partial charge in [-0.25, -0.2) is 4.98 Å². The predicted octanol–water partition coefficient (Wildman–Crippen LogP) is 0.625. The molecular formula is C9H10ClN3O2. The molecule has 2 unspecified atom stereocenters. The van der Waals surface area contributed by atoms with E-state index in [-0.39, 0.29) is 22.8 Å². The Labute approximate surface area is 91.7 Å². The van der Waals surface area contributed by atoms with Crippen molar-refractivity contribution >= 4 is 17.3 Å². The highest BCUT2D eigenvalue weighted by molar-refractivity contribution is 6.30. The van der Waals surface area contributed by atoms with Gasteiger partial charge in [-0.15, -0.1) is 0 Å². The van der Waals surface area contributed by atoms with Gasteiger partial charge in [0.1, 0.15) is 11.3 Å². The molecule has 0 radical (unpaired) electrons. The third-order valence-electron chi connectivity index (χ3n) is 1.94. The van der Waals surface area contributed by atoms with E-state index in [0.717, 1.165) is 0 Å². The van der Waals surface area contributed by atoms with Crippen LogP contribution in [-0.2, 0) is 0 Å². The summed E-state index contributed by atoms with van der Waals surface area (Å²) >= 11 is 5.72. The molecule has 15 heavy (non-hydrogen) atoms. The number of hydrogen-bond acceptors (Lipinski definition) is 5. The zero-order valence-electron chi connectivity index (χ0n) is 7.76. The Morgan fingerprint density at radius 2 is 2.27 bits per heavy atom. The van der Waals surface area contributed by atoms with E-state index in [9.17, 15) is 10.2 Å². The van der Waals surface area contributed by atoms with Crippen LogP contribution in [0.25, 0.3) is 0 Å². The lowest BCUT2D eigenvalue weighted by atomic mass is 10.0. The van der Waals surface area contributed by atoms with Gasteiger partial charge < -0.3 is 15.9 Å². The summed E-state index contributed by atoms with van der Waals surface area (Å²) in [7, 11) is 0. The molecule has 0 aliphatic carbocycles. The lowest BCUT2D eigenvalue weighted by Crippen LogP contribution is -2.19. The van der Waals surface area contributed by atoms with Gasteiger partial charge in [-0.1, -0.05) is 11.6 Å². The van der Waals surface area contributed by atoms with Gasteiger partial charge >= 0.3 is 0 Å². The van der Waals surface area contributed by atoms with Crippen molar-refractivity contribution in [2.75, 3.05) is 5.73 Å². The summed E-state index contributed by atoms with van der Waals surface area (Å²) in [4.78, 5) is 3.73. The minimum atomic E-state index is -1.30. The molecule has 1 rings (SSSR count). The van der Waals surface area contributed by atoms with Crippen molar-refractivity contribution in [3.8, 4) is 6.07 Å². The third-order valence-corrected chi connectivity index (χ3v) is 2.24. The fourth-order valence-corrected chi connectivity index (χ4v) is 1.43. The number of nitrogens with zero attached hydrogens (tertiary/aromatic N) is 2. The Morgan fingerprint density at radius 1 is 1.60 bits per heavy atom. The van der Waals surface area contributed by atoms with Crippen LogP contribution in [0.4, 0.5) is 5.69 Å². The van der Waals surface area contributed by atoms with Crippen LogP contribution in [0.5, 0.6) is 0 Å². The van der Waals surface area contributed by atoms with E-state index in [0.29, 0.717) is 0 Å². The number of nitrogen functional groups attached to an aromatic ring is 1. The van der Waals surface area contributed by atoms with E-state index >= 15 is 0 Å². The van der Waals surface area contributed by atoms with Crippen molar-refractivity contribution in [2.45, 2.75) is 18.6 Å². The van der Waals surface area contributed by atoms with Crippen LogP contribution >= 0.6 is 11.6 Å². The Hall–Kier alpha value is -1.35. The Kier molecular flexibility index (Phi) is 3.86. The van der Waals surface area contributed by atoms with Gasteiger partial charge in [0, 0.05) is 17.4 Å². The van der Waals surface area contributed by atoms with Crippen molar-refractivity contribution in [1.29, 1.82) is 5.26 Å². The van der Waals surface area contributed by atoms with E-state index < -0.39 is 12.2 Å². The summed E-state index contributed by atoms with van der Waals surface area (Å²) in [5.41, 5.74) is 5.97. The summed E-state index contributed by atoms with van der Waals surface area (Å²) in [6.45, 7) is 0. The number of pyridine rings is 1. The topological polar surface area (TPSA) is 103 Å². The normalized spacial score (nSPS) is 14.3. The molecule has 5 nitrogen and oxygen atoms in total. The highest BCUT2D eigenvalue weighted by Crippen LogP contribution is 2.29. The number of anilines is 1. The first-order chi connectivity index (χ1) is 7.07. The molecule has 2 atom stereocenters. The molecule has 0 aliphatic rings. The maximum absolute atomic E-state index is 9.68. The zero-order chi connectivity index (χ0) is 11.4. The highest BCUT2D eigenvalue weighted by atomic mass is 35.5. The average Bonchev–Trinajstić information content (AvgIpc) is 2.17. The van der Waals surface area contributed by atoms with Crippen LogP contribution < -0.4 is 5.73 Å². The van der Waals surface area contributed by atoms with E-state index in [4.69, 9.17) is 22.6 Å². The van der Waals surface area contributed by atoms with Crippen molar-refractivity contribution in [1.82, 2.24) is 4.98 Å². The first-order valence-electron chi connectivity index (χ1n) is 4.21. The monoisotopic (exact) mass is 227 g/mol. The van der Waals surface area contributed by atoms with E-state index in [1.807, 2.05) is 0 Å². The number of halogens is 1. The van der Waals surface area contributed by atoms with Crippen molar-refractivity contribution in [3.63, 3.8) is 0 Å². The summed E-state index contributed by atoms with van der Waals surface area (Å²) in [5.74, 6) is 0. The maximum atomic E-state index is 9.68. The summed E-state index contributed by atoms with van der Waals surface area (Å²) in [5, 5.41) is 27.5. The van der Waals surface area contributed by atoms with Gasteiger partial charge in [-0.05, 0) is 6.07 Å². The fraction of sp³-hybridized carbons (Fsp3) is 0.333. The summed E-state index contributed by atoms with van der Waals surface area (Å²) in [6.07, 6.45) is -1.33. The minimum absolute atomic E-state index is 0.0273. The Bertz CT molecular complexity index is 371. The number of aromatic nitrogens is 1. The first-order valence-corrected chi connectivity index (χ1v) is 4.58.